The number of phosphoric acid groups is 1. The smallest absolute Gasteiger partial charge is 0.456 e. The second-order valence-corrected chi connectivity index (χ2v) is 22.6. The Morgan fingerprint density at radius 3 is 1.34 bits per heavy atom. The molecule has 0 aromatic rings. The fourth-order valence-electron chi connectivity index (χ4n) is 8.29. The van der Waals surface area contributed by atoms with Crippen LogP contribution in [0.25, 0.3) is 0 Å². The van der Waals surface area contributed by atoms with Crippen molar-refractivity contribution in [3.8, 4) is 0 Å². The molecule has 1 amide bonds. The minimum Gasteiger partial charge on any atom is -0.456 e. The zero-order valence-electron chi connectivity index (χ0n) is 47.2. The van der Waals surface area contributed by atoms with Gasteiger partial charge >= 0.3 is 13.8 Å². The molecule has 0 aliphatic rings. The van der Waals surface area contributed by atoms with Gasteiger partial charge < -0.3 is 19.4 Å². The minimum absolute atomic E-state index is 0.0342. The number of ether oxygens (including phenoxy) is 1. The number of amides is 1. The van der Waals surface area contributed by atoms with Crippen molar-refractivity contribution in [1.29, 1.82) is 0 Å². The number of phosphoric ester groups is 1. The van der Waals surface area contributed by atoms with Crippen molar-refractivity contribution in [2.45, 2.75) is 277 Å². The van der Waals surface area contributed by atoms with Gasteiger partial charge in [-0.2, -0.15) is 0 Å². The van der Waals surface area contributed by atoms with E-state index in [-0.39, 0.29) is 31.5 Å². The largest absolute Gasteiger partial charge is 0.472 e. The molecule has 0 aromatic carbocycles. The van der Waals surface area contributed by atoms with Gasteiger partial charge in [0.05, 0.1) is 33.8 Å². The molecule has 0 heterocycles. The Labute approximate surface area is 439 Å². The summed E-state index contributed by atoms with van der Waals surface area (Å²) in [5.74, 6) is -0.536. The maximum absolute atomic E-state index is 13.5. The van der Waals surface area contributed by atoms with E-state index in [0.717, 1.165) is 96.3 Å². The van der Waals surface area contributed by atoms with E-state index in [9.17, 15) is 19.0 Å². The maximum atomic E-state index is 13.5. The van der Waals surface area contributed by atoms with Gasteiger partial charge in [0.25, 0.3) is 0 Å². The molecule has 0 aliphatic carbocycles. The van der Waals surface area contributed by atoms with Gasteiger partial charge in [-0.25, -0.2) is 4.57 Å². The van der Waals surface area contributed by atoms with Gasteiger partial charge in [0.1, 0.15) is 19.3 Å². The Hall–Kier alpha value is -2.29. The van der Waals surface area contributed by atoms with Crippen molar-refractivity contribution in [2.75, 3.05) is 40.9 Å². The molecular weight excluding hydrogens is 904 g/mol. The number of nitrogens with zero attached hydrogens (tertiary/aromatic N) is 1. The Balaban J connectivity index is 5.37. The van der Waals surface area contributed by atoms with Crippen LogP contribution >= 0.6 is 7.82 Å². The highest BCUT2D eigenvalue weighted by molar-refractivity contribution is 7.47. The third kappa shape index (κ3) is 52.4. The maximum Gasteiger partial charge on any atom is 0.472 e. The van der Waals surface area contributed by atoms with E-state index in [1.54, 1.807) is 0 Å². The molecule has 0 saturated heterocycles. The van der Waals surface area contributed by atoms with E-state index < -0.39 is 20.0 Å². The topological polar surface area (TPSA) is 111 Å². The lowest BCUT2D eigenvalue weighted by Gasteiger charge is -2.27. The standard InChI is InChI=1S/C61H113N2O7P/c1-7-10-13-16-19-22-25-28-29-30-31-32-33-36-39-42-45-48-51-54-61(65)70-59(52-49-46-43-40-37-34-26-23-20-17-14-11-8-2)58(57-69-71(66,67)68-56-55-63(4,5)6)62-60(64)53-50-47-44-41-38-35-27-24-21-18-15-12-9-3/h19,22,28-29,31-32,35,38,49,52,58-59H,7-18,20-21,23-27,30,33-34,36-37,39-48,50-51,53-57H2,1-6H3,(H-,62,64,66,67)/p+1/b22-19-,29-28-,32-31-,38-35-,52-49-. The summed E-state index contributed by atoms with van der Waals surface area (Å²) >= 11 is 0. The molecule has 0 fully saturated rings. The molecule has 2 N–H and O–H groups in total. The number of carbonyl (C=O) groups is 2. The van der Waals surface area contributed by atoms with Crippen LogP contribution in [0.1, 0.15) is 265 Å². The third-order valence-electron chi connectivity index (χ3n) is 12.9. The number of esters is 1. The number of hydrogen-bond acceptors (Lipinski definition) is 6. The van der Waals surface area contributed by atoms with Gasteiger partial charge in [-0.05, 0) is 96.0 Å². The number of quaternary nitrogens is 1. The van der Waals surface area contributed by atoms with Crippen LogP contribution in [0.3, 0.4) is 0 Å². The highest BCUT2D eigenvalue weighted by atomic mass is 31.2. The van der Waals surface area contributed by atoms with E-state index in [0.29, 0.717) is 17.4 Å². The van der Waals surface area contributed by atoms with Gasteiger partial charge in [0.15, 0.2) is 0 Å². The summed E-state index contributed by atoms with van der Waals surface area (Å²) in [5, 5.41) is 3.04. The molecular formula is C61H114N2O7P+. The van der Waals surface area contributed by atoms with Crippen molar-refractivity contribution in [2.24, 2.45) is 0 Å². The van der Waals surface area contributed by atoms with Crippen LogP contribution in [0.5, 0.6) is 0 Å². The first-order chi connectivity index (χ1) is 34.4. The molecule has 0 aromatic heterocycles. The Bertz CT molecular complexity index is 1400. The molecule has 10 heteroatoms. The molecule has 71 heavy (non-hydrogen) atoms. The molecule has 3 unspecified atom stereocenters. The van der Waals surface area contributed by atoms with Crippen molar-refractivity contribution in [3.05, 3.63) is 60.8 Å². The summed E-state index contributed by atoms with van der Waals surface area (Å²) in [6.07, 6.45) is 63.5. The van der Waals surface area contributed by atoms with Crippen LogP contribution in [-0.2, 0) is 27.9 Å². The molecule has 3 atom stereocenters. The molecule has 414 valence electrons. The fraction of sp³-hybridized carbons (Fsp3) is 0.803. The van der Waals surface area contributed by atoms with Crippen molar-refractivity contribution in [1.82, 2.24) is 5.32 Å². The van der Waals surface area contributed by atoms with Gasteiger partial charge in [-0.1, -0.05) is 217 Å². The predicted octanol–water partition coefficient (Wildman–Crippen LogP) is 17.9. The zero-order chi connectivity index (χ0) is 52.2. The summed E-state index contributed by atoms with van der Waals surface area (Å²) < 4.78 is 30.6. The molecule has 0 rings (SSSR count). The lowest BCUT2D eigenvalue weighted by atomic mass is 10.0. The van der Waals surface area contributed by atoms with E-state index in [1.807, 2.05) is 33.3 Å². The van der Waals surface area contributed by atoms with Crippen LogP contribution in [-0.4, -0.2) is 74.3 Å². The first kappa shape index (κ1) is 68.7. The Morgan fingerprint density at radius 1 is 0.493 bits per heavy atom. The molecule has 0 saturated carbocycles. The molecule has 9 nitrogen and oxygen atoms in total. The minimum atomic E-state index is -4.45. The molecule has 0 radical (unpaired) electrons. The average Bonchev–Trinajstić information content (AvgIpc) is 3.33. The first-order valence-corrected chi connectivity index (χ1v) is 31.1. The monoisotopic (exact) mass is 1020 g/mol. The predicted molar refractivity (Wildman–Crippen MR) is 305 cm³/mol. The van der Waals surface area contributed by atoms with Crippen molar-refractivity contribution >= 4 is 19.7 Å². The number of nitrogens with one attached hydrogen (secondary N) is 1. The lowest BCUT2D eigenvalue weighted by molar-refractivity contribution is -0.870. The highest BCUT2D eigenvalue weighted by Crippen LogP contribution is 2.43. The number of rotatable bonds is 53. The third-order valence-corrected chi connectivity index (χ3v) is 13.9. The highest BCUT2D eigenvalue weighted by Gasteiger charge is 2.30. The number of likely N-dealkylation sites (N-methyl/N-ethyl adjacent to an activating group) is 1. The normalized spacial score (nSPS) is 14.2. The zero-order valence-corrected chi connectivity index (χ0v) is 48.1. The van der Waals surface area contributed by atoms with E-state index >= 15 is 0 Å². The van der Waals surface area contributed by atoms with Crippen LogP contribution < -0.4 is 5.32 Å². The van der Waals surface area contributed by atoms with E-state index in [2.05, 4.69) is 74.7 Å². The van der Waals surface area contributed by atoms with Crippen LogP contribution in [0.4, 0.5) is 0 Å². The van der Waals surface area contributed by atoms with Gasteiger partial charge in [-0.3, -0.25) is 18.6 Å². The number of unbranched alkanes of at least 4 members (excludes halogenated alkanes) is 29. The number of carbonyl (C=O) groups excluding carboxylic acids is 2. The molecule has 0 spiro atoms. The van der Waals surface area contributed by atoms with Crippen LogP contribution in [0.15, 0.2) is 60.8 Å². The SMILES string of the molecule is CCCCC/C=C\C/C=C\C/C=C\CCCCCCCCC(=O)OC(/C=C\CCCCCCCCCCCCC)C(COP(=O)(O)OCC[N+](C)(C)C)NC(=O)CCCCC/C=C\CCCCCCCC. The number of allylic oxidation sites excluding steroid dienone is 9. The summed E-state index contributed by atoms with van der Waals surface area (Å²) in [6, 6.07) is -0.861. The van der Waals surface area contributed by atoms with Crippen LogP contribution in [0.2, 0.25) is 0 Å². The Kier molecular flexibility index (Phi) is 49.6. The Morgan fingerprint density at radius 2 is 0.859 bits per heavy atom. The second kappa shape index (κ2) is 51.2. The average molecular weight is 1020 g/mol. The lowest BCUT2D eigenvalue weighted by Crippen LogP contribution is -2.47. The van der Waals surface area contributed by atoms with E-state index in [4.69, 9.17) is 13.8 Å². The molecule has 0 aliphatic heterocycles. The van der Waals surface area contributed by atoms with Crippen molar-refractivity contribution < 1.29 is 37.3 Å². The van der Waals surface area contributed by atoms with E-state index in [1.165, 1.54) is 135 Å². The second-order valence-electron chi connectivity index (χ2n) is 21.2. The first-order valence-electron chi connectivity index (χ1n) is 29.6. The summed E-state index contributed by atoms with van der Waals surface area (Å²) in [7, 11) is 1.48. The van der Waals surface area contributed by atoms with Gasteiger partial charge in [-0.15, -0.1) is 0 Å². The van der Waals surface area contributed by atoms with Gasteiger partial charge in [0, 0.05) is 12.8 Å². The quantitative estimate of drug-likeness (QED) is 0.0205. The van der Waals surface area contributed by atoms with Crippen LogP contribution in [0, 0.1) is 0 Å². The van der Waals surface area contributed by atoms with Gasteiger partial charge in [0.2, 0.25) is 5.91 Å². The summed E-state index contributed by atoms with van der Waals surface area (Å²) in [6.45, 7) is 6.96. The summed E-state index contributed by atoms with van der Waals surface area (Å²) in [5.41, 5.74) is 0. The van der Waals surface area contributed by atoms with Crippen molar-refractivity contribution in [3.63, 3.8) is 0 Å². The fourth-order valence-corrected chi connectivity index (χ4v) is 9.03. The summed E-state index contributed by atoms with van der Waals surface area (Å²) in [4.78, 5) is 37.6. The molecule has 0 bridgehead atoms. The number of hydrogen-bond donors (Lipinski definition) is 2.